The molecule has 1 aliphatic rings. The van der Waals surface area contributed by atoms with Gasteiger partial charge in [-0.2, -0.15) is 27.8 Å². The molecule has 1 aliphatic heterocycles. The van der Waals surface area contributed by atoms with Crippen LogP contribution >= 0.6 is 0 Å². The molecule has 170 valence electrons. The van der Waals surface area contributed by atoms with Crippen LogP contribution in [0.15, 0.2) is 43.2 Å². The van der Waals surface area contributed by atoms with Gasteiger partial charge in [0.2, 0.25) is 0 Å². The van der Waals surface area contributed by atoms with Gasteiger partial charge >= 0.3 is 6.18 Å². The number of para-hydroxylation sites is 1. The number of hydrogen-bond donors (Lipinski definition) is 0. The van der Waals surface area contributed by atoms with E-state index in [4.69, 9.17) is 9.47 Å². The standard InChI is InChI=1S/C22H24F3N5O2/c1-3-11-32-20-16(5-4-6-18(20)31-2)13-29-9-7-15(8-10-29)17-12-19(22(23,24)25)30-21(28-17)26-14-27-30/h3-6,12,14-15H,1,7-11,13H2,2H3. The number of halogens is 3. The van der Waals surface area contributed by atoms with Crippen molar-refractivity contribution in [1.82, 2.24) is 24.5 Å². The van der Waals surface area contributed by atoms with Crippen LogP contribution in [0.3, 0.4) is 0 Å². The summed E-state index contributed by atoms with van der Waals surface area (Å²) in [6.45, 7) is 6.16. The maximum atomic E-state index is 13.5. The summed E-state index contributed by atoms with van der Waals surface area (Å²) < 4.78 is 52.4. The van der Waals surface area contributed by atoms with E-state index in [-0.39, 0.29) is 11.7 Å². The molecule has 10 heteroatoms. The highest BCUT2D eigenvalue weighted by Gasteiger charge is 2.36. The number of methoxy groups -OCH3 is 1. The smallest absolute Gasteiger partial charge is 0.433 e. The van der Waals surface area contributed by atoms with Gasteiger partial charge in [-0.25, -0.2) is 4.98 Å². The summed E-state index contributed by atoms with van der Waals surface area (Å²) in [5.41, 5.74) is 0.554. The van der Waals surface area contributed by atoms with E-state index in [1.807, 2.05) is 18.2 Å². The van der Waals surface area contributed by atoms with Crippen molar-refractivity contribution >= 4 is 5.78 Å². The third kappa shape index (κ3) is 4.55. The van der Waals surface area contributed by atoms with Crippen LogP contribution in [0, 0.1) is 0 Å². The largest absolute Gasteiger partial charge is 0.493 e. The van der Waals surface area contributed by atoms with E-state index in [0.717, 1.165) is 35.6 Å². The van der Waals surface area contributed by atoms with Crippen LogP contribution in [0.25, 0.3) is 5.78 Å². The zero-order chi connectivity index (χ0) is 22.7. The van der Waals surface area contributed by atoms with Gasteiger partial charge in [-0.15, -0.1) is 0 Å². The maximum Gasteiger partial charge on any atom is 0.433 e. The van der Waals surface area contributed by atoms with E-state index in [1.165, 1.54) is 0 Å². The van der Waals surface area contributed by atoms with Gasteiger partial charge in [0, 0.05) is 23.7 Å². The molecular weight excluding hydrogens is 423 g/mol. The minimum atomic E-state index is -4.53. The first-order valence-electron chi connectivity index (χ1n) is 10.3. The molecule has 0 amide bonds. The monoisotopic (exact) mass is 447 g/mol. The van der Waals surface area contributed by atoms with Crippen molar-refractivity contribution in [1.29, 1.82) is 0 Å². The topological polar surface area (TPSA) is 64.8 Å². The van der Waals surface area contributed by atoms with E-state index in [0.29, 0.717) is 43.2 Å². The van der Waals surface area contributed by atoms with Crippen molar-refractivity contribution in [2.75, 3.05) is 26.8 Å². The number of ether oxygens (including phenoxy) is 2. The summed E-state index contributed by atoms with van der Waals surface area (Å²) in [6, 6.07) is 6.85. The molecule has 0 aliphatic carbocycles. The molecule has 0 bridgehead atoms. The number of aromatic nitrogens is 4. The molecule has 1 aromatic carbocycles. The maximum absolute atomic E-state index is 13.5. The first-order valence-corrected chi connectivity index (χ1v) is 10.3. The Hall–Kier alpha value is -3.14. The lowest BCUT2D eigenvalue weighted by Crippen LogP contribution is -2.33. The minimum absolute atomic E-state index is 0.0300. The van der Waals surface area contributed by atoms with E-state index in [9.17, 15) is 13.2 Å². The van der Waals surface area contributed by atoms with Crippen LogP contribution in [-0.2, 0) is 12.7 Å². The molecule has 0 unspecified atom stereocenters. The van der Waals surface area contributed by atoms with Gasteiger partial charge in [-0.1, -0.05) is 24.8 Å². The van der Waals surface area contributed by atoms with Crippen molar-refractivity contribution in [2.24, 2.45) is 0 Å². The molecule has 0 atom stereocenters. The molecule has 1 saturated heterocycles. The Morgan fingerprint density at radius 1 is 1.25 bits per heavy atom. The van der Waals surface area contributed by atoms with Crippen LogP contribution in [0.2, 0.25) is 0 Å². The van der Waals surface area contributed by atoms with Crippen molar-refractivity contribution in [3.8, 4) is 11.5 Å². The first kappa shape index (κ1) is 22.1. The molecule has 0 spiro atoms. The first-order chi connectivity index (χ1) is 15.4. The van der Waals surface area contributed by atoms with E-state index in [2.05, 4.69) is 26.5 Å². The van der Waals surface area contributed by atoms with Crippen LogP contribution in [0.1, 0.15) is 35.7 Å². The molecule has 0 radical (unpaired) electrons. The number of rotatable bonds is 7. The number of alkyl halides is 3. The summed E-state index contributed by atoms with van der Waals surface area (Å²) in [4.78, 5) is 10.5. The molecular formula is C22H24F3N5O2. The lowest BCUT2D eigenvalue weighted by atomic mass is 9.92. The van der Waals surface area contributed by atoms with Crippen LogP contribution in [-0.4, -0.2) is 51.3 Å². The Labute approximate surface area is 183 Å². The van der Waals surface area contributed by atoms with Crippen molar-refractivity contribution < 1.29 is 22.6 Å². The number of likely N-dealkylation sites (tertiary alicyclic amines) is 1. The van der Waals surface area contributed by atoms with Gasteiger partial charge < -0.3 is 9.47 Å². The molecule has 4 rings (SSSR count). The highest BCUT2D eigenvalue weighted by atomic mass is 19.4. The number of piperidine rings is 1. The third-order valence-electron chi connectivity index (χ3n) is 5.59. The number of fused-ring (bicyclic) bond motifs is 1. The average molecular weight is 447 g/mol. The molecule has 3 heterocycles. The molecule has 1 fully saturated rings. The molecule has 3 aromatic rings. The lowest BCUT2D eigenvalue weighted by Gasteiger charge is -2.32. The number of benzene rings is 1. The van der Waals surface area contributed by atoms with Crippen LogP contribution in [0.5, 0.6) is 11.5 Å². The molecule has 2 aromatic heterocycles. The summed E-state index contributed by atoms with van der Waals surface area (Å²) in [6.07, 6.45) is -0.373. The summed E-state index contributed by atoms with van der Waals surface area (Å²) in [5.74, 6) is 1.24. The fourth-order valence-corrected chi connectivity index (χ4v) is 4.02. The van der Waals surface area contributed by atoms with Gasteiger partial charge in [0.25, 0.3) is 5.78 Å². The third-order valence-corrected chi connectivity index (χ3v) is 5.59. The Morgan fingerprint density at radius 3 is 2.72 bits per heavy atom. The summed E-state index contributed by atoms with van der Waals surface area (Å²) in [5, 5.41) is 3.66. The predicted molar refractivity (Wildman–Crippen MR) is 112 cm³/mol. The van der Waals surface area contributed by atoms with Crippen molar-refractivity contribution in [3.05, 3.63) is 60.2 Å². The predicted octanol–water partition coefficient (Wildman–Crippen LogP) is 4.10. The number of nitrogens with zero attached hydrogens (tertiary/aromatic N) is 5. The molecule has 7 nitrogen and oxygen atoms in total. The molecule has 0 saturated carbocycles. The highest BCUT2D eigenvalue weighted by Crippen LogP contribution is 2.35. The second kappa shape index (κ2) is 9.15. The Morgan fingerprint density at radius 2 is 2.03 bits per heavy atom. The average Bonchev–Trinajstić information content (AvgIpc) is 3.26. The van der Waals surface area contributed by atoms with E-state index >= 15 is 0 Å². The molecule has 32 heavy (non-hydrogen) atoms. The zero-order valence-corrected chi connectivity index (χ0v) is 17.7. The normalized spacial score (nSPS) is 15.8. The lowest BCUT2D eigenvalue weighted by molar-refractivity contribution is -0.142. The van der Waals surface area contributed by atoms with Crippen molar-refractivity contribution in [3.63, 3.8) is 0 Å². The van der Waals surface area contributed by atoms with Crippen LogP contribution < -0.4 is 9.47 Å². The van der Waals surface area contributed by atoms with Crippen LogP contribution in [0.4, 0.5) is 13.2 Å². The Bertz CT molecular complexity index is 1090. The Balaban J connectivity index is 1.48. The molecule has 0 N–H and O–H groups in total. The Kier molecular flexibility index (Phi) is 6.31. The van der Waals surface area contributed by atoms with Gasteiger partial charge in [0.1, 0.15) is 12.9 Å². The SMILES string of the molecule is C=CCOc1c(CN2CCC(c3cc(C(F)(F)F)n4ncnc4n3)CC2)cccc1OC. The quantitative estimate of drug-likeness (QED) is 0.509. The number of hydrogen-bond acceptors (Lipinski definition) is 6. The van der Waals surface area contributed by atoms with Gasteiger partial charge in [0.05, 0.1) is 7.11 Å². The van der Waals surface area contributed by atoms with Gasteiger partial charge in [-0.05, 0) is 38.1 Å². The van der Waals surface area contributed by atoms with E-state index < -0.39 is 11.9 Å². The fourth-order valence-electron chi connectivity index (χ4n) is 4.02. The summed E-state index contributed by atoms with van der Waals surface area (Å²) >= 11 is 0. The zero-order valence-electron chi connectivity index (χ0n) is 17.7. The fraction of sp³-hybridized carbons (Fsp3) is 0.409. The highest BCUT2D eigenvalue weighted by molar-refractivity contribution is 5.46. The van der Waals surface area contributed by atoms with Gasteiger partial charge in [-0.3, -0.25) is 4.90 Å². The van der Waals surface area contributed by atoms with Crippen molar-refractivity contribution in [2.45, 2.75) is 31.5 Å². The van der Waals surface area contributed by atoms with Gasteiger partial charge in [0.15, 0.2) is 17.2 Å². The van der Waals surface area contributed by atoms with E-state index in [1.54, 1.807) is 13.2 Å². The summed E-state index contributed by atoms with van der Waals surface area (Å²) in [7, 11) is 1.60. The second-order valence-electron chi connectivity index (χ2n) is 7.63. The minimum Gasteiger partial charge on any atom is -0.493 e. The second-order valence-corrected chi connectivity index (χ2v) is 7.63.